The lowest BCUT2D eigenvalue weighted by Gasteiger charge is -2.33. The number of nitrogens with one attached hydrogen (secondary N) is 2. The molecule has 2 N–H and O–H groups in total. The second kappa shape index (κ2) is 14.0. The first-order chi connectivity index (χ1) is 20.5. The van der Waals surface area contributed by atoms with Gasteiger partial charge in [0, 0.05) is 30.7 Å². The van der Waals surface area contributed by atoms with Crippen LogP contribution in [0.4, 0.5) is 28.9 Å². The van der Waals surface area contributed by atoms with Crippen LogP contribution in [0.5, 0.6) is 5.75 Å². The van der Waals surface area contributed by atoms with Crippen LogP contribution < -0.4 is 20.7 Å². The van der Waals surface area contributed by atoms with E-state index in [1.807, 2.05) is 31.9 Å². The predicted octanol–water partition coefficient (Wildman–Crippen LogP) is 6.85. The Labute approximate surface area is 253 Å². The van der Waals surface area contributed by atoms with Crippen LogP contribution in [0.2, 0.25) is 0 Å². The summed E-state index contributed by atoms with van der Waals surface area (Å²) < 4.78 is 75.0. The standard InChI is InChI=1S/C31H35F4N4O2PS/c1-4-42(40,5-2)21-11-12-26(28(18-21)41-17-14-36)37-15-7-10-29-23(19-31(33,34)35)22-8-6-9-27(30(22)43-29)38-25-13-16-39(3)20-24(25)32/h6,8-9,11-12,18,24-25,37-38H,4-5,13,15-17,19-20H2,1-3H3/t24-,25-/m0/s1. The van der Waals surface area contributed by atoms with Crippen LogP contribution in [0.25, 0.3) is 10.1 Å². The molecule has 6 nitrogen and oxygen atoms in total. The smallest absolute Gasteiger partial charge is 0.393 e. The van der Waals surface area contributed by atoms with E-state index < -0.39 is 32.0 Å². The number of benzene rings is 2. The summed E-state index contributed by atoms with van der Waals surface area (Å²) in [6.07, 6.45) is -5.08. The van der Waals surface area contributed by atoms with Crippen molar-refractivity contribution in [3.8, 4) is 23.7 Å². The van der Waals surface area contributed by atoms with Gasteiger partial charge in [0.15, 0.2) is 6.61 Å². The van der Waals surface area contributed by atoms with E-state index in [9.17, 15) is 22.1 Å². The second-order valence-electron chi connectivity index (χ2n) is 10.5. The number of thiophene rings is 1. The summed E-state index contributed by atoms with van der Waals surface area (Å²) in [5.74, 6) is 6.20. The molecule has 0 spiro atoms. The Morgan fingerprint density at radius 3 is 2.63 bits per heavy atom. The third kappa shape index (κ3) is 8.03. The van der Waals surface area contributed by atoms with Crippen molar-refractivity contribution < 1.29 is 26.9 Å². The van der Waals surface area contributed by atoms with Crippen molar-refractivity contribution in [3.05, 3.63) is 46.8 Å². The molecule has 4 rings (SSSR count). The fourth-order valence-corrected chi connectivity index (χ4v) is 8.22. The molecule has 0 amide bonds. The zero-order chi connectivity index (χ0) is 31.2. The minimum Gasteiger partial charge on any atom is -0.477 e. The van der Waals surface area contributed by atoms with E-state index in [1.54, 1.807) is 36.4 Å². The quantitative estimate of drug-likeness (QED) is 0.144. The molecule has 0 saturated carbocycles. The fraction of sp³-hybridized carbons (Fsp3) is 0.452. The number of likely N-dealkylation sites (tertiary alicyclic amines) is 1. The van der Waals surface area contributed by atoms with Crippen molar-refractivity contribution >= 4 is 45.2 Å². The first kappa shape index (κ1) is 32.7. The maximum Gasteiger partial charge on any atom is 0.393 e. The van der Waals surface area contributed by atoms with Gasteiger partial charge in [-0.25, -0.2) is 4.39 Å². The highest BCUT2D eigenvalue weighted by Gasteiger charge is 2.32. The maximum atomic E-state index is 14.7. The van der Waals surface area contributed by atoms with Crippen molar-refractivity contribution in [1.82, 2.24) is 4.90 Å². The fourth-order valence-electron chi connectivity index (χ4n) is 5.17. The number of rotatable bonds is 10. The highest BCUT2D eigenvalue weighted by Crippen LogP contribution is 2.45. The number of alkyl halides is 4. The van der Waals surface area contributed by atoms with Gasteiger partial charge >= 0.3 is 6.18 Å². The molecule has 2 heterocycles. The molecular formula is C31H35F4N4O2PS. The molecule has 230 valence electrons. The first-order valence-electron chi connectivity index (χ1n) is 14.1. The number of nitriles is 1. The van der Waals surface area contributed by atoms with E-state index in [1.165, 1.54) is 0 Å². The highest BCUT2D eigenvalue weighted by atomic mass is 32.1. The number of hydrogen-bond donors (Lipinski definition) is 2. The zero-order valence-corrected chi connectivity index (χ0v) is 26.1. The monoisotopic (exact) mass is 634 g/mol. The molecule has 0 radical (unpaired) electrons. The summed E-state index contributed by atoms with van der Waals surface area (Å²) in [5.41, 5.74) is 1.23. The number of halogens is 4. The topological polar surface area (TPSA) is 77.4 Å². The number of ether oxygens (including phenoxy) is 1. The van der Waals surface area contributed by atoms with E-state index in [4.69, 9.17) is 10.00 Å². The van der Waals surface area contributed by atoms with Crippen molar-refractivity contribution in [2.75, 3.05) is 56.2 Å². The molecule has 3 aromatic rings. The number of anilines is 2. The van der Waals surface area contributed by atoms with Crippen LogP contribution in [0.15, 0.2) is 36.4 Å². The summed E-state index contributed by atoms with van der Waals surface area (Å²) in [5, 5.41) is 16.5. The molecule has 2 aromatic carbocycles. The molecule has 0 bridgehead atoms. The van der Waals surface area contributed by atoms with Gasteiger partial charge in [0.2, 0.25) is 0 Å². The zero-order valence-electron chi connectivity index (χ0n) is 24.4. The van der Waals surface area contributed by atoms with Gasteiger partial charge in [-0.05, 0) is 48.7 Å². The molecule has 1 fully saturated rings. The summed E-state index contributed by atoms with van der Waals surface area (Å²) in [7, 11) is -0.722. The Bertz CT molecular complexity index is 1580. The van der Waals surface area contributed by atoms with Gasteiger partial charge < -0.3 is 24.8 Å². The van der Waals surface area contributed by atoms with E-state index in [0.29, 0.717) is 62.7 Å². The normalized spacial score (nSPS) is 17.6. The van der Waals surface area contributed by atoms with Crippen LogP contribution >= 0.6 is 18.5 Å². The molecule has 2 atom stereocenters. The third-order valence-electron chi connectivity index (χ3n) is 7.60. The van der Waals surface area contributed by atoms with Crippen LogP contribution in [-0.2, 0) is 11.0 Å². The number of nitrogens with zero attached hydrogens (tertiary/aromatic N) is 2. The summed E-state index contributed by atoms with van der Waals surface area (Å²) in [6, 6.07) is 11.7. The maximum absolute atomic E-state index is 14.7. The lowest BCUT2D eigenvalue weighted by atomic mass is 10.0. The largest absolute Gasteiger partial charge is 0.477 e. The van der Waals surface area contributed by atoms with E-state index in [0.717, 1.165) is 17.9 Å². The molecule has 12 heteroatoms. The molecule has 43 heavy (non-hydrogen) atoms. The summed E-state index contributed by atoms with van der Waals surface area (Å²) >= 11 is 1.16. The SMILES string of the molecule is CCP(=O)(CC)c1ccc(NCC#Cc2sc3c(N[C@H]4CCN(C)C[C@@H]4F)cccc3c2CC(F)(F)F)c(OCC#N)c1. The van der Waals surface area contributed by atoms with E-state index in [-0.39, 0.29) is 18.7 Å². The molecule has 1 saturated heterocycles. The Hall–Kier alpha value is -3.24. The van der Waals surface area contributed by atoms with Gasteiger partial charge in [-0.3, -0.25) is 0 Å². The van der Waals surface area contributed by atoms with Gasteiger partial charge in [-0.2, -0.15) is 18.4 Å². The van der Waals surface area contributed by atoms with Gasteiger partial charge in [-0.1, -0.05) is 37.8 Å². The third-order valence-corrected chi connectivity index (χ3v) is 12.1. The molecule has 1 aromatic heterocycles. The molecule has 0 unspecified atom stereocenters. The van der Waals surface area contributed by atoms with Gasteiger partial charge in [-0.15, -0.1) is 11.3 Å². The average Bonchev–Trinajstić information content (AvgIpc) is 3.31. The number of piperidine rings is 1. The Morgan fingerprint density at radius 2 is 1.95 bits per heavy atom. The van der Waals surface area contributed by atoms with Crippen molar-refractivity contribution in [1.29, 1.82) is 5.26 Å². The van der Waals surface area contributed by atoms with Crippen LogP contribution in [-0.4, -0.2) is 68.9 Å². The van der Waals surface area contributed by atoms with Crippen LogP contribution in [0, 0.1) is 23.2 Å². The van der Waals surface area contributed by atoms with Gasteiger partial charge in [0.1, 0.15) is 25.1 Å². The number of hydrogen-bond acceptors (Lipinski definition) is 7. The number of fused-ring (bicyclic) bond motifs is 1. The summed E-state index contributed by atoms with van der Waals surface area (Å²) in [6.45, 7) is 4.65. The molecule has 1 aliphatic heterocycles. The predicted molar refractivity (Wildman–Crippen MR) is 167 cm³/mol. The van der Waals surface area contributed by atoms with E-state index >= 15 is 0 Å². The average molecular weight is 635 g/mol. The Kier molecular flexibility index (Phi) is 10.7. The van der Waals surface area contributed by atoms with E-state index in [2.05, 4.69) is 22.5 Å². The minimum absolute atomic E-state index is 0.0887. The highest BCUT2D eigenvalue weighted by molar-refractivity contribution is 7.71. The summed E-state index contributed by atoms with van der Waals surface area (Å²) in [4.78, 5) is 2.21. The van der Waals surface area contributed by atoms with Crippen LogP contribution in [0.3, 0.4) is 0 Å². The molecule has 0 aliphatic carbocycles. The van der Waals surface area contributed by atoms with Crippen LogP contribution in [0.1, 0.15) is 30.7 Å². The Morgan fingerprint density at radius 1 is 1.19 bits per heavy atom. The second-order valence-corrected chi connectivity index (χ2v) is 15.1. The van der Waals surface area contributed by atoms with Gasteiger partial charge in [0.05, 0.1) is 40.0 Å². The Balaban J connectivity index is 1.61. The minimum atomic E-state index is -4.44. The first-order valence-corrected chi connectivity index (χ1v) is 17.0. The van der Waals surface area contributed by atoms with Crippen molar-refractivity contribution in [3.63, 3.8) is 0 Å². The van der Waals surface area contributed by atoms with Crippen molar-refractivity contribution in [2.45, 2.75) is 45.1 Å². The molecule has 1 aliphatic rings. The van der Waals surface area contributed by atoms with Gasteiger partial charge in [0.25, 0.3) is 0 Å². The lowest BCUT2D eigenvalue weighted by Crippen LogP contribution is -2.46. The lowest BCUT2D eigenvalue weighted by molar-refractivity contribution is -0.126. The molecular weight excluding hydrogens is 599 g/mol. The van der Waals surface area contributed by atoms with Crippen molar-refractivity contribution in [2.24, 2.45) is 0 Å².